The molecule has 0 bridgehead atoms. The van der Waals surface area contributed by atoms with Gasteiger partial charge in [-0.3, -0.25) is 4.99 Å². The Morgan fingerprint density at radius 1 is 1.46 bits per heavy atom. The van der Waals surface area contributed by atoms with Gasteiger partial charge in [0.15, 0.2) is 0 Å². The van der Waals surface area contributed by atoms with Gasteiger partial charge in [0.2, 0.25) is 0 Å². The van der Waals surface area contributed by atoms with E-state index >= 15 is 0 Å². The van der Waals surface area contributed by atoms with Gasteiger partial charge in [-0.05, 0) is 24.6 Å². The SMILES string of the molecule is CC(=NCC#N)c1ccc(Br)cc1. The minimum absolute atomic E-state index is 0.224. The predicted octanol–water partition coefficient (Wildman–Crippen LogP) is 2.78. The molecule has 0 saturated carbocycles. The summed E-state index contributed by atoms with van der Waals surface area (Å²) in [6.07, 6.45) is 0. The fourth-order valence-electron chi connectivity index (χ4n) is 0.936. The van der Waals surface area contributed by atoms with E-state index < -0.39 is 0 Å². The van der Waals surface area contributed by atoms with E-state index in [0.717, 1.165) is 15.7 Å². The van der Waals surface area contributed by atoms with Crippen LogP contribution in [0.2, 0.25) is 0 Å². The average molecular weight is 237 g/mol. The van der Waals surface area contributed by atoms with E-state index in [1.807, 2.05) is 37.3 Å². The average Bonchev–Trinajstić information content (AvgIpc) is 2.15. The highest BCUT2D eigenvalue weighted by Gasteiger charge is 1.95. The van der Waals surface area contributed by atoms with Crippen molar-refractivity contribution in [3.8, 4) is 6.07 Å². The van der Waals surface area contributed by atoms with Gasteiger partial charge >= 0.3 is 0 Å². The molecule has 1 aromatic carbocycles. The zero-order chi connectivity index (χ0) is 9.68. The lowest BCUT2D eigenvalue weighted by Crippen LogP contribution is -1.94. The number of nitrogens with zero attached hydrogens (tertiary/aromatic N) is 2. The van der Waals surface area contributed by atoms with Crippen LogP contribution < -0.4 is 0 Å². The highest BCUT2D eigenvalue weighted by atomic mass is 79.9. The molecule has 3 heteroatoms. The molecule has 0 radical (unpaired) electrons. The first kappa shape index (κ1) is 9.94. The Morgan fingerprint density at radius 2 is 2.08 bits per heavy atom. The molecular formula is C10H9BrN2. The summed E-state index contributed by atoms with van der Waals surface area (Å²) in [7, 11) is 0. The van der Waals surface area contributed by atoms with Crippen molar-refractivity contribution in [2.24, 2.45) is 4.99 Å². The molecule has 66 valence electrons. The highest BCUT2D eigenvalue weighted by molar-refractivity contribution is 9.10. The highest BCUT2D eigenvalue weighted by Crippen LogP contribution is 2.11. The number of halogens is 1. The van der Waals surface area contributed by atoms with Gasteiger partial charge in [-0.25, -0.2) is 0 Å². The van der Waals surface area contributed by atoms with E-state index in [0.29, 0.717) is 0 Å². The lowest BCUT2D eigenvalue weighted by Gasteiger charge is -1.98. The Hall–Kier alpha value is -1.14. The number of rotatable bonds is 2. The molecule has 0 unspecified atom stereocenters. The number of benzene rings is 1. The Kier molecular flexibility index (Phi) is 3.66. The maximum absolute atomic E-state index is 8.34. The first-order valence-electron chi connectivity index (χ1n) is 3.88. The van der Waals surface area contributed by atoms with Crippen LogP contribution in [0, 0.1) is 11.3 Å². The third kappa shape index (κ3) is 3.00. The van der Waals surface area contributed by atoms with Gasteiger partial charge in [0.05, 0.1) is 6.07 Å². The standard InChI is InChI=1S/C10H9BrN2/c1-8(13-7-6-12)9-2-4-10(11)5-3-9/h2-5H,7H2,1H3. The van der Waals surface area contributed by atoms with Gasteiger partial charge in [0, 0.05) is 10.2 Å². The Bertz CT molecular complexity index is 346. The third-order valence-electron chi connectivity index (χ3n) is 1.65. The number of hydrogen-bond acceptors (Lipinski definition) is 2. The summed E-state index contributed by atoms with van der Waals surface area (Å²) in [5.74, 6) is 0. The number of aliphatic imine (C=N–C) groups is 1. The van der Waals surface area contributed by atoms with Gasteiger partial charge in [0.1, 0.15) is 6.54 Å². The van der Waals surface area contributed by atoms with Gasteiger partial charge < -0.3 is 0 Å². The van der Waals surface area contributed by atoms with E-state index in [-0.39, 0.29) is 6.54 Å². The van der Waals surface area contributed by atoms with Crippen LogP contribution in [0.4, 0.5) is 0 Å². The number of hydrogen-bond donors (Lipinski definition) is 0. The maximum atomic E-state index is 8.34. The zero-order valence-corrected chi connectivity index (χ0v) is 8.87. The summed E-state index contributed by atoms with van der Waals surface area (Å²) in [6.45, 7) is 2.13. The second kappa shape index (κ2) is 4.78. The smallest absolute Gasteiger partial charge is 0.126 e. The van der Waals surface area contributed by atoms with Crippen LogP contribution in [0.1, 0.15) is 12.5 Å². The monoisotopic (exact) mass is 236 g/mol. The second-order valence-electron chi connectivity index (χ2n) is 2.57. The summed E-state index contributed by atoms with van der Waals surface area (Å²) in [5, 5.41) is 8.34. The van der Waals surface area contributed by atoms with Gasteiger partial charge in [-0.1, -0.05) is 28.1 Å². The summed E-state index contributed by atoms with van der Waals surface area (Å²) in [6, 6.07) is 9.85. The topological polar surface area (TPSA) is 36.1 Å². The summed E-state index contributed by atoms with van der Waals surface area (Å²) in [5.41, 5.74) is 1.95. The zero-order valence-electron chi connectivity index (χ0n) is 7.29. The Morgan fingerprint density at radius 3 is 2.62 bits per heavy atom. The largest absolute Gasteiger partial charge is 0.274 e. The third-order valence-corrected chi connectivity index (χ3v) is 2.18. The molecule has 0 aromatic heterocycles. The minimum Gasteiger partial charge on any atom is -0.274 e. The van der Waals surface area contributed by atoms with Crippen LogP contribution in [0.15, 0.2) is 33.7 Å². The van der Waals surface area contributed by atoms with Crippen molar-refractivity contribution in [2.45, 2.75) is 6.92 Å². The lowest BCUT2D eigenvalue weighted by molar-refractivity contribution is 1.23. The van der Waals surface area contributed by atoms with Crippen molar-refractivity contribution < 1.29 is 0 Å². The molecule has 2 nitrogen and oxygen atoms in total. The molecule has 1 rings (SSSR count). The van der Waals surface area contributed by atoms with E-state index in [1.165, 1.54) is 0 Å². The van der Waals surface area contributed by atoms with Crippen molar-refractivity contribution in [2.75, 3.05) is 6.54 Å². The molecule has 0 aliphatic carbocycles. The molecule has 0 heterocycles. The molecule has 0 amide bonds. The molecule has 0 spiro atoms. The minimum atomic E-state index is 0.224. The molecule has 0 atom stereocenters. The molecule has 0 aliphatic heterocycles. The lowest BCUT2D eigenvalue weighted by atomic mass is 10.1. The molecule has 0 saturated heterocycles. The normalized spacial score (nSPS) is 11.0. The second-order valence-corrected chi connectivity index (χ2v) is 3.48. The van der Waals surface area contributed by atoms with Gasteiger partial charge in [0.25, 0.3) is 0 Å². The Balaban J connectivity index is 2.84. The van der Waals surface area contributed by atoms with Crippen LogP contribution in [0.25, 0.3) is 0 Å². The molecule has 0 N–H and O–H groups in total. The van der Waals surface area contributed by atoms with E-state index in [9.17, 15) is 0 Å². The van der Waals surface area contributed by atoms with E-state index in [4.69, 9.17) is 5.26 Å². The summed E-state index contributed by atoms with van der Waals surface area (Å²) < 4.78 is 1.05. The Labute approximate surface area is 86.0 Å². The first-order valence-corrected chi connectivity index (χ1v) is 4.67. The molecule has 0 aliphatic rings. The summed E-state index contributed by atoms with van der Waals surface area (Å²) >= 11 is 3.35. The van der Waals surface area contributed by atoms with Crippen LogP contribution in [-0.4, -0.2) is 12.3 Å². The van der Waals surface area contributed by atoms with Crippen LogP contribution in [-0.2, 0) is 0 Å². The van der Waals surface area contributed by atoms with E-state index in [1.54, 1.807) is 0 Å². The molecular weight excluding hydrogens is 228 g/mol. The predicted molar refractivity (Wildman–Crippen MR) is 56.8 cm³/mol. The van der Waals surface area contributed by atoms with Crippen molar-refractivity contribution in [1.29, 1.82) is 5.26 Å². The van der Waals surface area contributed by atoms with E-state index in [2.05, 4.69) is 20.9 Å². The maximum Gasteiger partial charge on any atom is 0.126 e. The quantitative estimate of drug-likeness (QED) is 0.575. The van der Waals surface area contributed by atoms with Crippen LogP contribution in [0.3, 0.4) is 0 Å². The molecule has 13 heavy (non-hydrogen) atoms. The fourth-order valence-corrected chi connectivity index (χ4v) is 1.20. The van der Waals surface area contributed by atoms with Gasteiger partial charge in [-0.15, -0.1) is 0 Å². The van der Waals surface area contributed by atoms with Crippen molar-refractivity contribution in [3.05, 3.63) is 34.3 Å². The fraction of sp³-hybridized carbons (Fsp3) is 0.200. The summed E-state index contributed by atoms with van der Waals surface area (Å²) in [4.78, 5) is 4.08. The number of nitriles is 1. The van der Waals surface area contributed by atoms with Crippen molar-refractivity contribution in [3.63, 3.8) is 0 Å². The molecule has 0 fully saturated rings. The first-order chi connectivity index (χ1) is 6.24. The molecule has 1 aromatic rings. The van der Waals surface area contributed by atoms with Crippen molar-refractivity contribution >= 4 is 21.6 Å². The van der Waals surface area contributed by atoms with Crippen molar-refractivity contribution in [1.82, 2.24) is 0 Å². The van der Waals surface area contributed by atoms with Gasteiger partial charge in [-0.2, -0.15) is 5.26 Å². The van der Waals surface area contributed by atoms with Crippen LogP contribution in [0.5, 0.6) is 0 Å². The van der Waals surface area contributed by atoms with Crippen LogP contribution >= 0.6 is 15.9 Å².